The van der Waals surface area contributed by atoms with Gasteiger partial charge in [-0.1, -0.05) is 59.6 Å². The number of carbonyl (C=O) groups is 1. The summed E-state index contributed by atoms with van der Waals surface area (Å²) < 4.78 is 11.9. The Morgan fingerprint density at radius 3 is 2.48 bits per heavy atom. The normalized spacial score (nSPS) is 19.1. The molecule has 0 N–H and O–H groups in total. The molecule has 1 heterocycles. The lowest BCUT2D eigenvalue weighted by Gasteiger charge is -2.31. The van der Waals surface area contributed by atoms with E-state index < -0.39 is 5.79 Å². The topological polar surface area (TPSA) is 38.8 Å². The summed E-state index contributed by atoms with van der Waals surface area (Å²) in [5, 5.41) is 0.946. The Kier molecular flexibility index (Phi) is 7.47. The highest BCUT2D eigenvalue weighted by atomic mass is 35.5. The van der Waals surface area contributed by atoms with Crippen molar-refractivity contribution >= 4 is 40.7 Å². The molecule has 29 heavy (non-hydrogen) atoms. The molecule has 1 saturated heterocycles. The molecule has 0 aliphatic carbocycles. The van der Waals surface area contributed by atoms with Crippen molar-refractivity contribution in [2.24, 2.45) is 0 Å². The minimum Gasteiger partial charge on any atom is -0.348 e. The minimum atomic E-state index is -0.681. The van der Waals surface area contributed by atoms with Crippen molar-refractivity contribution < 1.29 is 14.3 Å². The maximum absolute atomic E-state index is 12.6. The van der Waals surface area contributed by atoms with Gasteiger partial charge in [0, 0.05) is 19.0 Å². The molecule has 2 unspecified atom stereocenters. The Balaban J connectivity index is 1.90. The monoisotopic (exact) mass is 455 g/mol. The number of amides is 1. The highest BCUT2D eigenvalue weighted by Crippen LogP contribution is 2.35. The summed E-state index contributed by atoms with van der Waals surface area (Å²) in [6.07, 6.45) is -0.233. The second kappa shape index (κ2) is 9.67. The standard InChI is InChI=1S/C22H24Cl3NO3/c1-22(2)28-14-20(29-22)17(16-8-9-18(24)19(25)10-16)13-26(21(27)11-23)12-15-6-4-3-5-7-15/h3-10,17,20H,11-14H2,1-2H3. The molecule has 0 radical (unpaired) electrons. The van der Waals surface area contributed by atoms with Gasteiger partial charge >= 0.3 is 0 Å². The average molecular weight is 457 g/mol. The number of hydrogen-bond donors (Lipinski definition) is 0. The zero-order valence-electron chi connectivity index (χ0n) is 16.4. The van der Waals surface area contributed by atoms with E-state index in [2.05, 4.69) is 0 Å². The van der Waals surface area contributed by atoms with Crippen LogP contribution in [0.15, 0.2) is 48.5 Å². The van der Waals surface area contributed by atoms with Gasteiger partial charge in [0.2, 0.25) is 5.91 Å². The van der Waals surface area contributed by atoms with Crippen molar-refractivity contribution in [2.45, 2.75) is 38.2 Å². The van der Waals surface area contributed by atoms with Crippen LogP contribution in [-0.4, -0.2) is 41.7 Å². The Hall–Kier alpha value is -1.30. The van der Waals surface area contributed by atoms with Gasteiger partial charge in [-0.2, -0.15) is 0 Å². The SMILES string of the molecule is CC1(C)OCC(C(CN(Cc2ccccc2)C(=O)CCl)c2ccc(Cl)c(Cl)c2)O1. The highest BCUT2D eigenvalue weighted by molar-refractivity contribution is 6.42. The Morgan fingerprint density at radius 2 is 1.90 bits per heavy atom. The molecule has 0 spiro atoms. The largest absolute Gasteiger partial charge is 0.348 e. The van der Waals surface area contributed by atoms with E-state index >= 15 is 0 Å². The van der Waals surface area contributed by atoms with Crippen LogP contribution in [0.25, 0.3) is 0 Å². The van der Waals surface area contributed by atoms with Gasteiger partial charge in [-0.3, -0.25) is 4.79 Å². The third kappa shape index (κ3) is 5.87. The number of rotatable bonds is 7. The smallest absolute Gasteiger partial charge is 0.237 e. The lowest BCUT2D eigenvalue weighted by Crippen LogP contribution is -2.39. The van der Waals surface area contributed by atoms with E-state index in [9.17, 15) is 4.79 Å². The van der Waals surface area contributed by atoms with Gasteiger partial charge in [0.15, 0.2) is 5.79 Å². The van der Waals surface area contributed by atoms with E-state index in [-0.39, 0.29) is 23.8 Å². The fourth-order valence-corrected chi connectivity index (χ4v) is 3.95. The van der Waals surface area contributed by atoms with Gasteiger partial charge in [-0.25, -0.2) is 0 Å². The fourth-order valence-electron chi connectivity index (χ4n) is 3.47. The molecule has 2 aromatic carbocycles. The first-order valence-corrected chi connectivity index (χ1v) is 10.7. The van der Waals surface area contributed by atoms with Crippen LogP contribution >= 0.6 is 34.8 Å². The summed E-state index contributed by atoms with van der Waals surface area (Å²) in [4.78, 5) is 14.4. The first kappa shape index (κ1) is 22.4. The van der Waals surface area contributed by atoms with Gasteiger partial charge in [0.25, 0.3) is 0 Å². The van der Waals surface area contributed by atoms with Crippen molar-refractivity contribution in [3.8, 4) is 0 Å². The first-order valence-electron chi connectivity index (χ1n) is 9.43. The predicted molar refractivity (Wildman–Crippen MR) is 117 cm³/mol. The van der Waals surface area contributed by atoms with E-state index in [0.717, 1.165) is 11.1 Å². The van der Waals surface area contributed by atoms with Crippen LogP contribution in [0.3, 0.4) is 0 Å². The zero-order chi connectivity index (χ0) is 21.0. The third-order valence-electron chi connectivity index (χ3n) is 4.95. The molecule has 3 rings (SSSR count). The summed E-state index contributed by atoms with van der Waals surface area (Å²) in [7, 11) is 0. The second-order valence-corrected chi connectivity index (χ2v) is 8.62. The van der Waals surface area contributed by atoms with Crippen LogP contribution in [0.1, 0.15) is 30.9 Å². The van der Waals surface area contributed by atoms with Crippen LogP contribution in [0.2, 0.25) is 10.0 Å². The van der Waals surface area contributed by atoms with Crippen LogP contribution < -0.4 is 0 Å². The van der Waals surface area contributed by atoms with Crippen molar-refractivity contribution in [1.29, 1.82) is 0 Å². The number of carbonyl (C=O) groups excluding carboxylic acids is 1. The van der Waals surface area contributed by atoms with Crippen LogP contribution in [-0.2, 0) is 20.8 Å². The van der Waals surface area contributed by atoms with Gasteiger partial charge in [-0.05, 0) is 37.1 Å². The molecule has 1 aliphatic heterocycles. The highest BCUT2D eigenvalue weighted by Gasteiger charge is 2.39. The molecule has 0 saturated carbocycles. The Morgan fingerprint density at radius 1 is 1.17 bits per heavy atom. The molecule has 2 aromatic rings. The molecule has 1 fully saturated rings. The van der Waals surface area contributed by atoms with Crippen molar-refractivity contribution in [1.82, 2.24) is 4.90 Å². The summed E-state index contributed by atoms with van der Waals surface area (Å²) in [5.41, 5.74) is 1.97. The van der Waals surface area contributed by atoms with E-state index in [1.165, 1.54) is 0 Å². The second-order valence-electron chi connectivity index (χ2n) is 7.54. The summed E-state index contributed by atoms with van der Waals surface area (Å²) in [5.74, 6) is -1.06. The van der Waals surface area contributed by atoms with E-state index in [1.807, 2.05) is 56.3 Å². The van der Waals surface area contributed by atoms with Gasteiger partial charge < -0.3 is 14.4 Å². The van der Waals surface area contributed by atoms with Crippen LogP contribution in [0, 0.1) is 0 Å². The molecule has 4 nitrogen and oxygen atoms in total. The summed E-state index contributed by atoms with van der Waals surface area (Å²) in [6, 6.07) is 15.3. The van der Waals surface area contributed by atoms with Gasteiger partial charge in [0.1, 0.15) is 5.88 Å². The summed E-state index contributed by atoms with van der Waals surface area (Å²) >= 11 is 18.3. The molecule has 2 atom stereocenters. The van der Waals surface area contributed by atoms with Crippen LogP contribution in [0.4, 0.5) is 0 Å². The minimum absolute atomic E-state index is 0.0888. The molecular formula is C22H24Cl3NO3. The molecular weight excluding hydrogens is 433 g/mol. The Labute approximate surface area is 186 Å². The lowest BCUT2D eigenvalue weighted by molar-refractivity contribution is -0.142. The molecule has 1 amide bonds. The predicted octanol–water partition coefficient (Wildman–Crippen LogP) is 5.50. The van der Waals surface area contributed by atoms with Crippen molar-refractivity contribution in [3.63, 3.8) is 0 Å². The molecule has 0 bridgehead atoms. The maximum atomic E-state index is 12.6. The van der Waals surface area contributed by atoms with Crippen molar-refractivity contribution in [3.05, 3.63) is 69.7 Å². The van der Waals surface area contributed by atoms with Crippen molar-refractivity contribution in [2.75, 3.05) is 19.0 Å². The molecule has 1 aliphatic rings. The molecule has 0 aromatic heterocycles. The van der Waals surface area contributed by atoms with Gasteiger partial charge in [-0.15, -0.1) is 11.6 Å². The number of alkyl halides is 1. The Bertz CT molecular complexity index is 844. The van der Waals surface area contributed by atoms with E-state index in [4.69, 9.17) is 44.3 Å². The zero-order valence-corrected chi connectivity index (χ0v) is 18.7. The molecule has 7 heteroatoms. The van der Waals surface area contributed by atoms with Crippen LogP contribution in [0.5, 0.6) is 0 Å². The maximum Gasteiger partial charge on any atom is 0.237 e. The average Bonchev–Trinajstić information content (AvgIpc) is 3.07. The third-order valence-corrected chi connectivity index (χ3v) is 5.92. The number of ether oxygens (including phenoxy) is 2. The van der Waals surface area contributed by atoms with E-state index in [1.54, 1.807) is 11.0 Å². The lowest BCUT2D eigenvalue weighted by atomic mass is 9.92. The number of hydrogen-bond acceptors (Lipinski definition) is 3. The number of halogens is 3. The molecule has 156 valence electrons. The fraction of sp³-hybridized carbons (Fsp3) is 0.409. The quantitative estimate of drug-likeness (QED) is 0.517. The first-order chi connectivity index (χ1) is 13.8. The number of nitrogens with zero attached hydrogens (tertiary/aromatic N) is 1. The summed E-state index contributed by atoms with van der Waals surface area (Å²) in [6.45, 7) is 5.06. The number of benzene rings is 2. The van der Waals surface area contributed by atoms with Gasteiger partial charge in [0.05, 0.1) is 22.8 Å². The van der Waals surface area contributed by atoms with E-state index in [0.29, 0.717) is 29.7 Å².